The molecule has 2 aromatic carbocycles. The molecule has 0 spiro atoms. The number of hydrogen-bond acceptors (Lipinski definition) is 6. The lowest BCUT2D eigenvalue weighted by Gasteiger charge is -2.08. The quantitative estimate of drug-likeness (QED) is 0.427. The Balaban J connectivity index is 1.41. The molecule has 0 saturated heterocycles. The largest absolute Gasteiger partial charge is 0.497 e. The van der Waals surface area contributed by atoms with E-state index in [0.29, 0.717) is 23.1 Å². The predicted octanol–water partition coefficient (Wildman–Crippen LogP) is 2.34. The van der Waals surface area contributed by atoms with Gasteiger partial charge in [0.05, 0.1) is 18.6 Å². The Bertz CT molecular complexity index is 1250. The first kappa shape index (κ1) is 20.7. The van der Waals surface area contributed by atoms with Gasteiger partial charge in [0.1, 0.15) is 5.75 Å². The highest BCUT2D eigenvalue weighted by Crippen LogP contribution is 2.17. The lowest BCUT2D eigenvalue weighted by Crippen LogP contribution is -2.27. The number of nitrogens with zero attached hydrogens (tertiary/aromatic N) is 4. The van der Waals surface area contributed by atoms with Crippen molar-refractivity contribution in [2.45, 2.75) is 11.6 Å². The third-order valence-electron chi connectivity index (χ3n) is 4.68. The molecule has 4 aromatic rings. The molecule has 0 fully saturated rings. The van der Waals surface area contributed by atoms with E-state index in [9.17, 15) is 9.59 Å². The molecule has 31 heavy (non-hydrogen) atoms. The number of hydrogen-bond donors (Lipinski definition) is 1. The number of carbonyl (C=O) groups excluding carboxylic acids is 1. The van der Waals surface area contributed by atoms with E-state index in [1.807, 2.05) is 48.5 Å². The summed E-state index contributed by atoms with van der Waals surface area (Å²) >= 11 is 1.24. The standard InChI is InChI=1S/C22H21N5O3S/c1-30-18-9-5-8-17(14-18)26-12-13-27-20(21(26)29)24-25-22(27)31-15-19(28)23-11-10-16-6-3-2-4-7-16/h2-9,12-14H,10-11,15H2,1H3,(H,23,28). The summed E-state index contributed by atoms with van der Waals surface area (Å²) in [6.07, 6.45) is 4.14. The van der Waals surface area contributed by atoms with Crippen LogP contribution in [0.4, 0.5) is 0 Å². The number of rotatable bonds is 8. The fourth-order valence-corrected chi connectivity index (χ4v) is 3.85. The van der Waals surface area contributed by atoms with Crippen LogP contribution in [0, 0.1) is 0 Å². The van der Waals surface area contributed by atoms with Gasteiger partial charge < -0.3 is 10.1 Å². The van der Waals surface area contributed by atoms with Crippen LogP contribution in [-0.2, 0) is 11.2 Å². The van der Waals surface area contributed by atoms with E-state index >= 15 is 0 Å². The first-order valence-electron chi connectivity index (χ1n) is 9.70. The Morgan fingerprint density at radius 2 is 1.94 bits per heavy atom. The number of amides is 1. The van der Waals surface area contributed by atoms with Gasteiger partial charge in [0.2, 0.25) is 11.6 Å². The van der Waals surface area contributed by atoms with Gasteiger partial charge in [0.15, 0.2) is 5.16 Å². The molecule has 2 aromatic heterocycles. The Kier molecular flexibility index (Phi) is 6.32. The smallest absolute Gasteiger partial charge is 0.300 e. The van der Waals surface area contributed by atoms with Gasteiger partial charge in [0.25, 0.3) is 0 Å². The zero-order chi connectivity index (χ0) is 21.6. The Hall–Kier alpha value is -3.59. The number of thioether (sulfide) groups is 1. The molecule has 9 heteroatoms. The minimum atomic E-state index is -0.303. The van der Waals surface area contributed by atoms with E-state index in [0.717, 1.165) is 6.42 Å². The maximum atomic E-state index is 12.9. The molecule has 0 aliphatic heterocycles. The van der Waals surface area contributed by atoms with Crippen LogP contribution in [0.2, 0.25) is 0 Å². The van der Waals surface area contributed by atoms with Crippen molar-refractivity contribution in [1.82, 2.24) is 24.5 Å². The molecular formula is C22H21N5O3S. The number of aromatic nitrogens is 4. The average molecular weight is 436 g/mol. The van der Waals surface area contributed by atoms with E-state index in [4.69, 9.17) is 4.74 Å². The summed E-state index contributed by atoms with van der Waals surface area (Å²) in [5.74, 6) is 0.747. The second kappa shape index (κ2) is 9.48. The van der Waals surface area contributed by atoms with Gasteiger partial charge in [-0.05, 0) is 24.1 Å². The summed E-state index contributed by atoms with van der Waals surface area (Å²) in [5.41, 5.74) is 1.73. The number of carbonyl (C=O) groups is 1. The fourth-order valence-electron chi connectivity index (χ4n) is 3.10. The SMILES string of the molecule is COc1cccc(-n2ccn3c(SCC(=O)NCCc4ccccc4)nnc3c2=O)c1. The molecule has 0 aliphatic carbocycles. The van der Waals surface area contributed by atoms with Crippen molar-refractivity contribution in [1.29, 1.82) is 0 Å². The molecule has 158 valence electrons. The van der Waals surface area contributed by atoms with Crippen LogP contribution >= 0.6 is 11.8 Å². The second-order valence-corrected chi connectivity index (χ2v) is 7.67. The summed E-state index contributed by atoms with van der Waals surface area (Å²) in [5, 5.41) is 11.5. The van der Waals surface area contributed by atoms with E-state index < -0.39 is 0 Å². The van der Waals surface area contributed by atoms with E-state index in [-0.39, 0.29) is 22.9 Å². The molecule has 0 unspecified atom stereocenters. The zero-order valence-electron chi connectivity index (χ0n) is 16.9. The maximum Gasteiger partial charge on any atom is 0.300 e. The highest BCUT2D eigenvalue weighted by molar-refractivity contribution is 7.99. The number of benzene rings is 2. The molecule has 8 nitrogen and oxygen atoms in total. The summed E-state index contributed by atoms with van der Waals surface area (Å²) in [4.78, 5) is 25.0. The van der Waals surface area contributed by atoms with Crippen LogP contribution in [0.25, 0.3) is 11.3 Å². The van der Waals surface area contributed by atoms with E-state index in [1.54, 1.807) is 30.0 Å². The van der Waals surface area contributed by atoms with E-state index in [1.165, 1.54) is 21.9 Å². The highest BCUT2D eigenvalue weighted by atomic mass is 32.2. The van der Waals surface area contributed by atoms with Crippen molar-refractivity contribution < 1.29 is 9.53 Å². The number of methoxy groups -OCH3 is 1. The van der Waals surface area contributed by atoms with Gasteiger partial charge in [-0.1, -0.05) is 48.2 Å². The first-order valence-corrected chi connectivity index (χ1v) is 10.7. The van der Waals surface area contributed by atoms with Gasteiger partial charge >= 0.3 is 5.56 Å². The van der Waals surface area contributed by atoms with Crippen LogP contribution < -0.4 is 15.6 Å². The average Bonchev–Trinajstić information content (AvgIpc) is 3.22. The van der Waals surface area contributed by atoms with Crippen LogP contribution in [0.15, 0.2) is 76.9 Å². The molecule has 1 N–H and O–H groups in total. The number of fused-ring (bicyclic) bond motifs is 1. The van der Waals surface area contributed by atoms with Crippen LogP contribution in [0.1, 0.15) is 5.56 Å². The third-order valence-corrected chi connectivity index (χ3v) is 5.63. The Morgan fingerprint density at radius 1 is 1.10 bits per heavy atom. The van der Waals surface area contributed by atoms with Crippen LogP contribution in [0.3, 0.4) is 0 Å². The first-order chi connectivity index (χ1) is 15.2. The molecule has 0 radical (unpaired) electrons. The van der Waals surface area contributed by atoms with Crippen molar-refractivity contribution in [3.05, 3.63) is 82.9 Å². The van der Waals surface area contributed by atoms with Crippen molar-refractivity contribution in [3.63, 3.8) is 0 Å². The molecule has 2 heterocycles. The maximum absolute atomic E-state index is 12.9. The summed E-state index contributed by atoms with van der Waals surface area (Å²) < 4.78 is 8.31. The van der Waals surface area contributed by atoms with Gasteiger partial charge in [-0.2, -0.15) is 0 Å². The zero-order valence-corrected chi connectivity index (χ0v) is 17.7. The van der Waals surface area contributed by atoms with Crippen LogP contribution in [0.5, 0.6) is 5.75 Å². The molecule has 0 saturated carbocycles. The predicted molar refractivity (Wildman–Crippen MR) is 119 cm³/mol. The van der Waals surface area contributed by atoms with Crippen LogP contribution in [-0.4, -0.2) is 44.5 Å². The lowest BCUT2D eigenvalue weighted by atomic mass is 10.1. The Morgan fingerprint density at radius 3 is 2.74 bits per heavy atom. The summed E-state index contributed by atoms with van der Waals surface area (Å²) in [7, 11) is 1.57. The topological polar surface area (TPSA) is 90.5 Å². The summed E-state index contributed by atoms with van der Waals surface area (Å²) in [6.45, 7) is 0.565. The highest BCUT2D eigenvalue weighted by Gasteiger charge is 2.13. The second-order valence-electron chi connectivity index (χ2n) is 6.73. The van der Waals surface area contributed by atoms with Gasteiger partial charge in [-0.15, -0.1) is 10.2 Å². The summed E-state index contributed by atoms with van der Waals surface area (Å²) in [6, 6.07) is 17.2. The van der Waals surface area contributed by atoms with Crippen molar-refractivity contribution in [2.75, 3.05) is 19.4 Å². The molecule has 0 aliphatic rings. The van der Waals surface area contributed by atoms with E-state index in [2.05, 4.69) is 15.5 Å². The van der Waals surface area contributed by atoms with Gasteiger partial charge in [-0.3, -0.25) is 18.6 Å². The fraction of sp³-hybridized carbons (Fsp3) is 0.182. The normalized spacial score (nSPS) is 10.9. The van der Waals surface area contributed by atoms with Crippen molar-refractivity contribution in [3.8, 4) is 11.4 Å². The van der Waals surface area contributed by atoms with Gasteiger partial charge in [0, 0.05) is 25.0 Å². The van der Waals surface area contributed by atoms with Crippen molar-refractivity contribution in [2.24, 2.45) is 0 Å². The molecule has 1 amide bonds. The van der Waals surface area contributed by atoms with Gasteiger partial charge in [-0.25, -0.2) is 0 Å². The Labute approximate surface area is 182 Å². The molecule has 0 bridgehead atoms. The molecule has 4 rings (SSSR count). The number of nitrogens with one attached hydrogen (secondary N) is 1. The molecule has 0 atom stereocenters. The number of ether oxygens (including phenoxy) is 1. The van der Waals surface area contributed by atoms with Crippen molar-refractivity contribution >= 4 is 23.3 Å². The molecular weight excluding hydrogens is 414 g/mol. The lowest BCUT2D eigenvalue weighted by molar-refractivity contribution is -0.118. The minimum Gasteiger partial charge on any atom is -0.497 e. The third kappa shape index (κ3) is 4.77. The monoisotopic (exact) mass is 435 g/mol. The minimum absolute atomic E-state index is 0.0950.